The quantitative estimate of drug-likeness (QED) is 0.765. The van der Waals surface area contributed by atoms with Gasteiger partial charge in [0.15, 0.2) is 0 Å². The highest BCUT2D eigenvalue weighted by Crippen LogP contribution is 2.09. The van der Waals surface area contributed by atoms with E-state index < -0.39 is 0 Å². The summed E-state index contributed by atoms with van der Waals surface area (Å²) in [5.74, 6) is 0. The number of rotatable bonds is 6. The number of hydrogen-bond acceptors (Lipinski definition) is 3. The Morgan fingerprint density at radius 3 is 2.82 bits per heavy atom. The molecule has 102 valence electrons. The van der Waals surface area contributed by atoms with Crippen molar-refractivity contribution in [1.29, 1.82) is 0 Å². The molecule has 1 heterocycles. The van der Waals surface area contributed by atoms with Crippen molar-refractivity contribution in [2.24, 2.45) is 0 Å². The lowest BCUT2D eigenvalue weighted by atomic mass is 10.1. The minimum Gasteiger partial charge on any atom is -0.313 e. The van der Waals surface area contributed by atoms with Crippen molar-refractivity contribution in [1.82, 2.24) is 15.1 Å². The maximum atomic E-state index is 3.72. The van der Waals surface area contributed by atoms with Crippen LogP contribution >= 0.6 is 0 Å². The summed E-state index contributed by atoms with van der Waals surface area (Å²) in [6.07, 6.45) is 5.24. The van der Waals surface area contributed by atoms with E-state index in [2.05, 4.69) is 43.1 Å². The first-order valence-corrected chi connectivity index (χ1v) is 7.25. The predicted octanol–water partition coefficient (Wildman–Crippen LogP) is 1.79. The van der Waals surface area contributed by atoms with Crippen LogP contribution in [0.25, 0.3) is 0 Å². The molecule has 0 aliphatic carbocycles. The fourth-order valence-corrected chi connectivity index (χ4v) is 2.42. The van der Waals surface area contributed by atoms with Crippen LogP contribution in [0.3, 0.4) is 0 Å². The first kappa shape index (κ1) is 14.9. The Kier molecular flexibility index (Phi) is 7.09. The monoisotopic (exact) mass is 241 g/mol. The van der Waals surface area contributed by atoms with Gasteiger partial charge < -0.3 is 15.1 Å². The molecule has 1 rings (SSSR count). The molecule has 0 aromatic rings. The molecule has 3 nitrogen and oxygen atoms in total. The Hall–Kier alpha value is -0.120. The zero-order chi connectivity index (χ0) is 12.7. The summed E-state index contributed by atoms with van der Waals surface area (Å²) in [6, 6.07) is 1.45. The molecule has 3 heteroatoms. The second-order valence-electron chi connectivity index (χ2n) is 5.62. The van der Waals surface area contributed by atoms with Gasteiger partial charge in [-0.25, -0.2) is 0 Å². The molecular weight excluding hydrogens is 210 g/mol. The number of nitrogens with one attached hydrogen (secondary N) is 1. The average molecular weight is 241 g/mol. The van der Waals surface area contributed by atoms with Gasteiger partial charge in [-0.1, -0.05) is 6.92 Å². The van der Waals surface area contributed by atoms with Crippen molar-refractivity contribution in [3.05, 3.63) is 0 Å². The van der Waals surface area contributed by atoms with Crippen LogP contribution in [0.4, 0.5) is 0 Å². The summed E-state index contributed by atoms with van der Waals surface area (Å²) in [5.41, 5.74) is 0. The number of hydrogen-bond donors (Lipinski definition) is 1. The standard InChI is InChI=1S/C14H31N3/c1-5-13(2)17(4)12-9-15-14-7-6-10-16(3)11-8-14/h13-15H,5-12H2,1-4H3. The van der Waals surface area contributed by atoms with Crippen LogP contribution in [-0.2, 0) is 0 Å². The molecule has 0 aromatic carbocycles. The van der Waals surface area contributed by atoms with Crippen LogP contribution in [0, 0.1) is 0 Å². The largest absolute Gasteiger partial charge is 0.313 e. The van der Waals surface area contributed by atoms with Gasteiger partial charge >= 0.3 is 0 Å². The van der Waals surface area contributed by atoms with Gasteiger partial charge in [-0.3, -0.25) is 0 Å². The van der Waals surface area contributed by atoms with E-state index in [9.17, 15) is 0 Å². The highest BCUT2D eigenvalue weighted by atomic mass is 15.1. The third-order valence-corrected chi connectivity index (χ3v) is 4.19. The van der Waals surface area contributed by atoms with Crippen molar-refractivity contribution in [3.8, 4) is 0 Å². The Labute approximate surface area is 108 Å². The van der Waals surface area contributed by atoms with Crippen molar-refractivity contribution in [2.45, 2.75) is 51.6 Å². The van der Waals surface area contributed by atoms with Crippen molar-refractivity contribution in [3.63, 3.8) is 0 Å². The molecule has 0 saturated carbocycles. The van der Waals surface area contributed by atoms with E-state index in [-0.39, 0.29) is 0 Å². The van der Waals surface area contributed by atoms with Crippen molar-refractivity contribution in [2.75, 3.05) is 40.3 Å². The zero-order valence-electron chi connectivity index (χ0n) is 12.2. The summed E-state index contributed by atoms with van der Waals surface area (Å²) in [5, 5.41) is 3.72. The third-order valence-electron chi connectivity index (χ3n) is 4.19. The molecule has 0 radical (unpaired) electrons. The van der Waals surface area contributed by atoms with E-state index in [0.29, 0.717) is 6.04 Å². The number of nitrogens with zero attached hydrogens (tertiary/aromatic N) is 2. The van der Waals surface area contributed by atoms with Gasteiger partial charge in [0.2, 0.25) is 0 Å². The molecular formula is C14H31N3. The van der Waals surface area contributed by atoms with Gasteiger partial charge in [-0.2, -0.15) is 0 Å². The van der Waals surface area contributed by atoms with Crippen LogP contribution in [0.2, 0.25) is 0 Å². The molecule has 2 atom stereocenters. The van der Waals surface area contributed by atoms with Gasteiger partial charge in [0.1, 0.15) is 0 Å². The van der Waals surface area contributed by atoms with E-state index in [1.807, 2.05) is 0 Å². The highest BCUT2D eigenvalue weighted by molar-refractivity contribution is 4.74. The first-order valence-electron chi connectivity index (χ1n) is 7.25. The van der Waals surface area contributed by atoms with E-state index >= 15 is 0 Å². The summed E-state index contributed by atoms with van der Waals surface area (Å²) in [6.45, 7) is 9.39. The molecule has 1 N–H and O–H groups in total. The lowest BCUT2D eigenvalue weighted by molar-refractivity contribution is 0.246. The van der Waals surface area contributed by atoms with Gasteiger partial charge in [0.25, 0.3) is 0 Å². The van der Waals surface area contributed by atoms with E-state index in [4.69, 9.17) is 0 Å². The average Bonchev–Trinajstić information content (AvgIpc) is 2.53. The van der Waals surface area contributed by atoms with Crippen LogP contribution in [-0.4, -0.2) is 62.2 Å². The topological polar surface area (TPSA) is 18.5 Å². The first-order chi connectivity index (χ1) is 8.13. The fraction of sp³-hybridized carbons (Fsp3) is 1.00. The Balaban J connectivity index is 2.13. The van der Waals surface area contributed by atoms with Gasteiger partial charge in [-0.15, -0.1) is 0 Å². The SMILES string of the molecule is CCC(C)N(C)CCNC1CCCN(C)CC1. The van der Waals surface area contributed by atoms with Gasteiger partial charge in [-0.05, 0) is 59.8 Å². The van der Waals surface area contributed by atoms with Crippen LogP contribution in [0.15, 0.2) is 0 Å². The minimum atomic E-state index is 0.706. The minimum absolute atomic E-state index is 0.706. The molecule has 1 fully saturated rings. The van der Waals surface area contributed by atoms with E-state index in [1.54, 1.807) is 0 Å². The predicted molar refractivity (Wildman–Crippen MR) is 75.5 cm³/mol. The molecule has 0 aromatic heterocycles. The van der Waals surface area contributed by atoms with Gasteiger partial charge in [0.05, 0.1) is 0 Å². The Morgan fingerprint density at radius 2 is 2.12 bits per heavy atom. The molecule has 1 aliphatic heterocycles. The molecule has 17 heavy (non-hydrogen) atoms. The summed E-state index contributed by atoms with van der Waals surface area (Å²) < 4.78 is 0. The molecule has 1 saturated heterocycles. The maximum absolute atomic E-state index is 3.72. The van der Waals surface area contributed by atoms with E-state index in [0.717, 1.165) is 12.6 Å². The third kappa shape index (κ3) is 5.84. The molecule has 0 spiro atoms. The second-order valence-corrected chi connectivity index (χ2v) is 5.62. The molecule has 0 amide bonds. The fourth-order valence-electron chi connectivity index (χ4n) is 2.42. The van der Waals surface area contributed by atoms with Gasteiger partial charge in [0, 0.05) is 25.2 Å². The number of likely N-dealkylation sites (tertiary alicyclic amines) is 1. The van der Waals surface area contributed by atoms with Crippen LogP contribution in [0.1, 0.15) is 39.5 Å². The summed E-state index contributed by atoms with van der Waals surface area (Å²) >= 11 is 0. The maximum Gasteiger partial charge on any atom is 0.0107 e. The normalized spacial score (nSPS) is 24.9. The summed E-state index contributed by atoms with van der Waals surface area (Å²) in [7, 11) is 4.47. The molecule has 2 unspecified atom stereocenters. The Bertz CT molecular complexity index is 196. The zero-order valence-corrected chi connectivity index (χ0v) is 12.2. The smallest absolute Gasteiger partial charge is 0.0107 e. The lowest BCUT2D eigenvalue weighted by Gasteiger charge is -2.25. The van der Waals surface area contributed by atoms with Crippen molar-refractivity contribution >= 4 is 0 Å². The Morgan fingerprint density at radius 1 is 1.35 bits per heavy atom. The lowest BCUT2D eigenvalue weighted by Crippen LogP contribution is -2.39. The summed E-state index contributed by atoms with van der Waals surface area (Å²) in [4.78, 5) is 4.91. The van der Waals surface area contributed by atoms with Crippen LogP contribution in [0.5, 0.6) is 0 Å². The molecule has 1 aliphatic rings. The van der Waals surface area contributed by atoms with Crippen molar-refractivity contribution < 1.29 is 0 Å². The van der Waals surface area contributed by atoms with E-state index in [1.165, 1.54) is 45.3 Å². The second kappa shape index (κ2) is 8.06. The van der Waals surface area contributed by atoms with Crippen LogP contribution < -0.4 is 5.32 Å². The molecule has 0 bridgehead atoms. The highest BCUT2D eigenvalue weighted by Gasteiger charge is 2.14. The number of likely N-dealkylation sites (N-methyl/N-ethyl adjacent to an activating group) is 1.